The lowest BCUT2D eigenvalue weighted by Gasteiger charge is -2.13. The average molecular weight is 549 g/mol. The number of benzene rings is 3. The fourth-order valence-corrected chi connectivity index (χ4v) is 4.44. The summed E-state index contributed by atoms with van der Waals surface area (Å²) in [6.45, 7) is 1.76. The van der Waals surface area contributed by atoms with Crippen molar-refractivity contribution in [3.63, 3.8) is 0 Å². The highest BCUT2D eigenvalue weighted by molar-refractivity contribution is 9.11. The number of carbonyl (C=O) groups excluding carboxylic acids is 1. The second-order valence-corrected chi connectivity index (χ2v) is 8.57. The van der Waals surface area contributed by atoms with Gasteiger partial charge in [0.1, 0.15) is 5.75 Å². The first-order chi connectivity index (χ1) is 14.4. The van der Waals surface area contributed by atoms with E-state index in [1.807, 2.05) is 73.7 Å². The molecule has 5 nitrogen and oxygen atoms in total. The monoisotopic (exact) mass is 547 g/mol. The van der Waals surface area contributed by atoms with Crippen LogP contribution >= 0.6 is 44.1 Å². The summed E-state index contributed by atoms with van der Waals surface area (Å²) in [6, 6.07) is 21.3. The number of thiocarbonyl (C=S) groups is 1. The summed E-state index contributed by atoms with van der Waals surface area (Å²) in [5.74, 6) is 0.276. The Labute approximate surface area is 197 Å². The van der Waals surface area contributed by atoms with E-state index < -0.39 is 0 Å². The smallest absolute Gasteiger partial charge is 0.264 e. The number of rotatable bonds is 6. The first-order valence-corrected chi connectivity index (χ1v) is 11.0. The molecule has 0 aliphatic carbocycles. The first-order valence-electron chi connectivity index (χ1n) is 9.02. The molecule has 0 bridgehead atoms. The topological polar surface area (TPSA) is 62.4 Å². The van der Waals surface area contributed by atoms with E-state index in [2.05, 4.69) is 47.8 Å². The molecule has 0 radical (unpaired) electrons. The minimum atomic E-state index is -0.343. The second kappa shape index (κ2) is 10.6. The van der Waals surface area contributed by atoms with E-state index in [4.69, 9.17) is 17.0 Å². The number of para-hydroxylation sites is 1. The molecule has 0 saturated carbocycles. The zero-order chi connectivity index (χ0) is 21.5. The Kier molecular flexibility index (Phi) is 7.84. The predicted molar refractivity (Wildman–Crippen MR) is 133 cm³/mol. The SMILES string of the molecule is Cc1cc(Br)cc(Br)c1OCC(=O)NC(=S)Nc1ccc(Nc2ccccc2)cc1. The van der Waals surface area contributed by atoms with E-state index in [-0.39, 0.29) is 17.6 Å². The van der Waals surface area contributed by atoms with Crippen LogP contribution in [0.15, 0.2) is 75.7 Å². The van der Waals surface area contributed by atoms with Crippen molar-refractivity contribution in [3.8, 4) is 5.75 Å². The van der Waals surface area contributed by atoms with Crippen LogP contribution in [0.4, 0.5) is 17.1 Å². The van der Waals surface area contributed by atoms with Crippen molar-refractivity contribution in [1.29, 1.82) is 0 Å². The lowest BCUT2D eigenvalue weighted by molar-refractivity contribution is -0.121. The summed E-state index contributed by atoms with van der Waals surface area (Å²) in [5.41, 5.74) is 3.64. The maximum Gasteiger partial charge on any atom is 0.264 e. The highest BCUT2D eigenvalue weighted by Gasteiger charge is 2.11. The van der Waals surface area contributed by atoms with Gasteiger partial charge < -0.3 is 15.4 Å². The Hall–Kier alpha value is -2.42. The molecule has 0 aromatic heterocycles. The van der Waals surface area contributed by atoms with E-state index in [1.54, 1.807) is 0 Å². The van der Waals surface area contributed by atoms with Crippen molar-refractivity contribution < 1.29 is 9.53 Å². The molecule has 0 aliphatic rings. The van der Waals surface area contributed by atoms with Crippen molar-refractivity contribution in [2.45, 2.75) is 6.92 Å². The fourth-order valence-electron chi connectivity index (χ4n) is 2.66. The molecule has 0 heterocycles. The number of amides is 1. The van der Waals surface area contributed by atoms with Crippen molar-refractivity contribution in [2.75, 3.05) is 17.2 Å². The van der Waals surface area contributed by atoms with Crippen molar-refractivity contribution in [2.24, 2.45) is 0 Å². The molecule has 3 aromatic carbocycles. The summed E-state index contributed by atoms with van der Waals surface area (Å²) in [6.07, 6.45) is 0. The van der Waals surface area contributed by atoms with E-state index in [0.29, 0.717) is 5.75 Å². The van der Waals surface area contributed by atoms with Crippen molar-refractivity contribution >= 4 is 72.2 Å². The molecular formula is C22H19Br2N3O2S. The number of halogens is 2. The molecule has 30 heavy (non-hydrogen) atoms. The maximum absolute atomic E-state index is 12.2. The minimum Gasteiger partial charge on any atom is -0.482 e. The quantitative estimate of drug-likeness (QED) is 0.322. The number of aryl methyl sites for hydroxylation is 1. The molecule has 0 saturated heterocycles. The van der Waals surface area contributed by atoms with Crippen LogP contribution in [0.5, 0.6) is 5.75 Å². The van der Waals surface area contributed by atoms with Gasteiger partial charge in [-0.05, 0) is 89.2 Å². The summed E-state index contributed by atoms with van der Waals surface area (Å²) in [4.78, 5) is 12.2. The largest absolute Gasteiger partial charge is 0.482 e. The Morgan fingerprint density at radius 1 is 0.967 bits per heavy atom. The molecular weight excluding hydrogens is 530 g/mol. The van der Waals surface area contributed by atoms with E-state index in [9.17, 15) is 4.79 Å². The second-order valence-electron chi connectivity index (χ2n) is 6.39. The number of carbonyl (C=O) groups is 1. The summed E-state index contributed by atoms with van der Waals surface area (Å²) < 4.78 is 7.33. The van der Waals surface area contributed by atoms with Gasteiger partial charge in [-0.3, -0.25) is 10.1 Å². The minimum absolute atomic E-state index is 0.150. The van der Waals surface area contributed by atoms with Crippen molar-refractivity contribution in [3.05, 3.63) is 81.2 Å². The van der Waals surface area contributed by atoms with E-state index >= 15 is 0 Å². The molecule has 0 atom stereocenters. The standard InChI is InChI=1S/C22H19Br2N3O2S/c1-14-11-15(23)12-19(24)21(14)29-13-20(28)27-22(30)26-18-9-7-17(8-10-18)25-16-5-3-2-4-6-16/h2-12,25H,13H2,1H3,(H2,26,27,28,30). The summed E-state index contributed by atoms with van der Waals surface area (Å²) in [5, 5.41) is 9.13. The fraction of sp³-hybridized carbons (Fsp3) is 0.0909. The predicted octanol–water partition coefficient (Wildman–Crippen LogP) is 6.16. The average Bonchev–Trinajstić information content (AvgIpc) is 2.69. The Morgan fingerprint density at radius 2 is 1.60 bits per heavy atom. The van der Waals surface area contributed by atoms with Crippen LogP contribution in [0.3, 0.4) is 0 Å². The molecule has 3 N–H and O–H groups in total. The lowest BCUT2D eigenvalue weighted by Crippen LogP contribution is -2.37. The molecule has 0 spiro atoms. The van der Waals surface area contributed by atoms with Crippen LogP contribution in [0.2, 0.25) is 0 Å². The van der Waals surface area contributed by atoms with Gasteiger partial charge in [0, 0.05) is 21.5 Å². The highest BCUT2D eigenvalue weighted by atomic mass is 79.9. The Morgan fingerprint density at radius 3 is 2.27 bits per heavy atom. The first kappa shape index (κ1) is 22.3. The molecule has 0 fully saturated rings. The Bertz CT molecular complexity index is 1020. The summed E-state index contributed by atoms with van der Waals surface area (Å²) >= 11 is 12.1. The third kappa shape index (κ3) is 6.55. The maximum atomic E-state index is 12.2. The molecule has 154 valence electrons. The normalized spacial score (nSPS) is 10.2. The number of anilines is 3. The third-order valence-corrected chi connectivity index (χ3v) is 5.25. The number of hydrogen-bond donors (Lipinski definition) is 3. The van der Waals surface area contributed by atoms with Gasteiger partial charge in [0.05, 0.1) is 4.47 Å². The van der Waals surface area contributed by atoms with Gasteiger partial charge in [-0.2, -0.15) is 0 Å². The van der Waals surface area contributed by atoms with Gasteiger partial charge in [-0.25, -0.2) is 0 Å². The van der Waals surface area contributed by atoms with Crippen molar-refractivity contribution in [1.82, 2.24) is 5.32 Å². The van der Waals surface area contributed by atoms with Gasteiger partial charge in [0.25, 0.3) is 5.91 Å². The molecule has 0 unspecified atom stereocenters. The molecule has 8 heteroatoms. The third-order valence-electron chi connectivity index (χ3n) is 4.00. The van der Waals surface area contributed by atoms with Gasteiger partial charge in [0.2, 0.25) is 0 Å². The van der Waals surface area contributed by atoms with E-state index in [1.165, 1.54) is 0 Å². The molecule has 3 rings (SSSR count). The zero-order valence-corrected chi connectivity index (χ0v) is 20.0. The zero-order valence-electron chi connectivity index (χ0n) is 16.0. The van der Waals surface area contributed by atoms with Gasteiger partial charge in [-0.15, -0.1) is 0 Å². The Balaban J connectivity index is 1.48. The molecule has 0 aliphatic heterocycles. The van der Waals surface area contributed by atoms with Crippen LogP contribution in [-0.2, 0) is 4.79 Å². The lowest BCUT2D eigenvalue weighted by atomic mass is 10.2. The van der Waals surface area contributed by atoms with Crippen LogP contribution in [0.1, 0.15) is 5.56 Å². The van der Waals surface area contributed by atoms with Crippen LogP contribution in [-0.4, -0.2) is 17.6 Å². The summed E-state index contributed by atoms with van der Waals surface area (Å²) in [7, 11) is 0. The van der Waals surface area contributed by atoms with Gasteiger partial charge in [-0.1, -0.05) is 34.1 Å². The van der Waals surface area contributed by atoms with Crippen LogP contribution in [0.25, 0.3) is 0 Å². The number of nitrogens with one attached hydrogen (secondary N) is 3. The van der Waals surface area contributed by atoms with Gasteiger partial charge >= 0.3 is 0 Å². The number of hydrogen-bond acceptors (Lipinski definition) is 4. The van der Waals surface area contributed by atoms with E-state index in [0.717, 1.165) is 31.6 Å². The van der Waals surface area contributed by atoms with Crippen LogP contribution in [0, 0.1) is 6.92 Å². The number of ether oxygens (including phenoxy) is 1. The van der Waals surface area contributed by atoms with Crippen LogP contribution < -0.4 is 20.7 Å². The molecule has 1 amide bonds. The molecule has 3 aromatic rings. The highest BCUT2D eigenvalue weighted by Crippen LogP contribution is 2.32. The van der Waals surface area contributed by atoms with Gasteiger partial charge in [0.15, 0.2) is 11.7 Å².